The van der Waals surface area contributed by atoms with Gasteiger partial charge in [0.15, 0.2) is 5.82 Å². The highest BCUT2D eigenvalue weighted by molar-refractivity contribution is 5.91. The van der Waals surface area contributed by atoms with Crippen LogP contribution in [-0.4, -0.2) is 9.78 Å². The Morgan fingerprint density at radius 3 is 2.53 bits per heavy atom. The van der Waals surface area contributed by atoms with Gasteiger partial charge in [0, 0.05) is 12.4 Å². The normalized spacial score (nSPS) is 12.3. The van der Waals surface area contributed by atoms with Gasteiger partial charge < -0.3 is 5.73 Å². The van der Waals surface area contributed by atoms with Gasteiger partial charge in [-0.1, -0.05) is 32.9 Å². The molecule has 0 unspecified atom stereocenters. The van der Waals surface area contributed by atoms with Gasteiger partial charge >= 0.3 is 0 Å². The fourth-order valence-electron chi connectivity index (χ4n) is 1.97. The topological polar surface area (TPSA) is 43.8 Å². The van der Waals surface area contributed by atoms with Crippen molar-refractivity contribution < 1.29 is 0 Å². The summed E-state index contributed by atoms with van der Waals surface area (Å²) in [6.45, 7) is 6.60. The quantitative estimate of drug-likeness (QED) is 0.714. The molecule has 0 fully saturated rings. The van der Waals surface area contributed by atoms with E-state index in [2.05, 4.69) is 31.9 Å². The first-order valence-electron chi connectivity index (χ1n) is 5.13. The highest BCUT2D eigenvalue weighted by Crippen LogP contribution is 2.31. The predicted molar refractivity (Wildman–Crippen MR) is 63.8 cm³/mol. The lowest BCUT2D eigenvalue weighted by Gasteiger charge is -2.20. The van der Waals surface area contributed by atoms with Crippen molar-refractivity contribution >= 4 is 16.7 Å². The van der Waals surface area contributed by atoms with Gasteiger partial charge in [-0.25, -0.2) is 0 Å². The molecule has 1 heterocycles. The monoisotopic (exact) mass is 203 g/mol. The van der Waals surface area contributed by atoms with Crippen LogP contribution in [0.5, 0.6) is 0 Å². The van der Waals surface area contributed by atoms with Crippen LogP contribution < -0.4 is 5.73 Å². The second-order valence-corrected chi connectivity index (χ2v) is 4.96. The molecular formula is C12H17N3. The molecule has 0 aliphatic carbocycles. The van der Waals surface area contributed by atoms with E-state index in [0.29, 0.717) is 5.82 Å². The molecule has 0 spiro atoms. The average Bonchev–Trinajstić information content (AvgIpc) is 2.41. The van der Waals surface area contributed by atoms with Crippen LogP contribution in [-0.2, 0) is 12.5 Å². The van der Waals surface area contributed by atoms with Crippen molar-refractivity contribution in [3.63, 3.8) is 0 Å². The molecule has 2 aromatic rings. The number of hydrogen-bond donors (Lipinski definition) is 1. The summed E-state index contributed by atoms with van der Waals surface area (Å²) in [6.07, 6.45) is 0. The number of fused-ring (bicyclic) bond motifs is 1. The molecule has 0 amide bonds. The maximum atomic E-state index is 5.86. The lowest BCUT2D eigenvalue weighted by atomic mass is 9.86. The van der Waals surface area contributed by atoms with Crippen LogP contribution in [0.25, 0.3) is 10.9 Å². The van der Waals surface area contributed by atoms with Crippen LogP contribution in [0.2, 0.25) is 0 Å². The zero-order valence-electron chi connectivity index (χ0n) is 9.70. The van der Waals surface area contributed by atoms with E-state index in [1.165, 1.54) is 5.56 Å². The van der Waals surface area contributed by atoms with Gasteiger partial charge in [0.1, 0.15) is 0 Å². The van der Waals surface area contributed by atoms with Gasteiger partial charge in [-0.2, -0.15) is 5.10 Å². The molecule has 0 bridgehead atoms. The lowest BCUT2D eigenvalue weighted by molar-refractivity contribution is 0.590. The number of aryl methyl sites for hydroxylation is 1. The number of para-hydroxylation sites is 1. The summed E-state index contributed by atoms with van der Waals surface area (Å²) in [7, 11) is 1.94. The highest BCUT2D eigenvalue weighted by Gasteiger charge is 2.19. The smallest absolute Gasteiger partial charge is 0.153 e. The van der Waals surface area contributed by atoms with E-state index < -0.39 is 0 Å². The SMILES string of the molecule is Cn1nc(N)c2cccc(C(C)(C)C)c21. The maximum absolute atomic E-state index is 5.86. The Kier molecular flexibility index (Phi) is 2.00. The molecular weight excluding hydrogens is 186 g/mol. The van der Waals surface area contributed by atoms with Gasteiger partial charge in [0.25, 0.3) is 0 Å². The van der Waals surface area contributed by atoms with Crippen molar-refractivity contribution in [2.75, 3.05) is 5.73 Å². The molecule has 15 heavy (non-hydrogen) atoms. The fraction of sp³-hybridized carbons (Fsp3) is 0.417. The van der Waals surface area contributed by atoms with Crippen LogP contribution in [0.4, 0.5) is 5.82 Å². The van der Waals surface area contributed by atoms with Gasteiger partial charge in [0.05, 0.1) is 5.52 Å². The first-order chi connectivity index (χ1) is 6.91. The van der Waals surface area contributed by atoms with Crippen molar-refractivity contribution in [3.8, 4) is 0 Å². The molecule has 80 valence electrons. The molecule has 2 rings (SSSR count). The van der Waals surface area contributed by atoms with Gasteiger partial charge in [-0.3, -0.25) is 4.68 Å². The van der Waals surface area contributed by atoms with Crippen LogP contribution in [0.3, 0.4) is 0 Å². The molecule has 0 radical (unpaired) electrons. The number of benzene rings is 1. The summed E-state index contributed by atoms with van der Waals surface area (Å²) < 4.78 is 1.87. The number of anilines is 1. The summed E-state index contributed by atoms with van der Waals surface area (Å²) in [5.74, 6) is 0.610. The minimum absolute atomic E-state index is 0.111. The fourth-order valence-corrected chi connectivity index (χ4v) is 1.97. The molecule has 0 saturated carbocycles. The van der Waals surface area contributed by atoms with E-state index in [0.717, 1.165) is 10.9 Å². The third-order valence-corrected chi connectivity index (χ3v) is 2.70. The van der Waals surface area contributed by atoms with E-state index in [9.17, 15) is 0 Å². The Hall–Kier alpha value is -1.51. The van der Waals surface area contributed by atoms with E-state index in [1.54, 1.807) is 0 Å². The van der Waals surface area contributed by atoms with Crippen molar-refractivity contribution in [3.05, 3.63) is 23.8 Å². The number of nitrogens with two attached hydrogens (primary N) is 1. The molecule has 1 aromatic carbocycles. The minimum Gasteiger partial charge on any atom is -0.382 e. The van der Waals surface area contributed by atoms with Crippen molar-refractivity contribution in [1.29, 1.82) is 0 Å². The molecule has 0 atom stereocenters. The van der Waals surface area contributed by atoms with Crippen LogP contribution in [0.1, 0.15) is 26.3 Å². The largest absolute Gasteiger partial charge is 0.382 e. The van der Waals surface area contributed by atoms with Crippen LogP contribution in [0, 0.1) is 0 Å². The zero-order valence-corrected chi connectivity index (χ0v) is 9.70. The summed E-state index contributed by atoms with van der Waals surface area (Å²) in [5, 5.41) is 5.31. The Morgan fingerprint density at radius 2 is 1.93 bits per heavy atom. The van der Waals surface area contributed by atoms with Crippen molar-refractivity contribution in [2.24, 2.45) is 7.05 Å². The number of aromatic nitrogens is 2. The minimum atomic E-state index is 0.111. The molecule has 2 N–H and O–H groups in total. The average molecular weight is 203 g/mol. The van der Waals surface area contributed by atoms with Crippen LogP contribution >= 0.6 is 0 Å². The number of nitrogens with zero attached hydrogens (tertiary/aromatic N) is 2. The summed E-state index contributed by atoms with van der Waals surface area (Å²) in [6, 6.07) is 6.21. The second kappa shape index (κ2) is 2.99. The zero-order chi connectivity index (χ0) is 11.2. The first kappa shape index (κ1) is 10.0. The van der Waals surface area contributed by atoms with E-state index in [1.807, 2.05) is 23.9 Å². The van der Waals surface area contributed by atoms with Gasteiger partial charge in [0.2, 0.25) is 0 Å². The summed E-state index contributed by atoms with van der Waals surface area (Å²) >= 11 is 0. The third kappa shape index (κ3) is 1.48. The third-order valence-electron chi connectivity index (χ3n) is 2.70. The summed E-state index contributed by atoms with van der Waals surface area (Å²) in [4.78, 5) is 0. The van der Waals surface area contributed by atoms with Crippen molar-refractivity contribution in [1.82, 2.24) is 9.78 Å². The Morgan fingerprint density at radius 1 is 1.27 bits per heavy atom. The Balaban J connectivity index is 2.87. The Bertz CT molecular complexity index is 503. The number of rotatable bonds is 0. The number of hydrogen-bond acceptors (Lipinski definition) is 2. The molecule has 1 aromatic heterocycles. The predicted octanol–water partition coefficient (Wildman–Crippen LogP) is 2.45. The van der Waals surface area contributed by atoms with E-state index >= 15 is 0 Å². The highest BCUT2D eigenvalue weighted by atomic mass is 15.3. The molecule has 0 saturated heterocycles. The van der Waals surface area contributed by atoms with Gasteiger partial charge in [-0.15, -0.1) is 0 Å². The molecule has 0 aliphatic rings. The Labute approximate surface area is 89.9 Å². The number of nitrogen functional groups attached to an aromatic ring is 1. The maximum Gasteiger partial charge on any atom is 0.153 e. The first-order valence-corrected chi connectivity index (χ1v) is 5.13. The second-order valence-electron chi connectivity index (χ2n) is 4.96. The molecule has 0 aliphatic heterocycles. The van der Waals surface area contributed by atoms with Crippen molar-refractivity contribution in [2.45, 2.75) is 26.2 Å². The lowest BCUT2D eigenvalue weighted by Crippen LogP contribution is -2.12. The summed E-state index contributed by atoms with van der Waals surface area (Å²) in [5.41, 5.74) is 8.39. The van der Waals surface area contributed by atoms with E-state index in [-0.39, 0.29) is 5.41 Å². The van der Waals surface area contributed by atoms with Gasteiger partial charge in [-0.05, 0) is 17.0 Å². The standard InChI is InChI=1S/C12H17N3/c1-12(2,3)9-7-5-6-8-10(9)15(4)14-11(8)13/h5-7H,1-4H3,(H2,13,14). The molecule has 3 nitrogen and oxygen atoms in total. The molecule has 3 heteroatoms. The van der Waals surface area contributed by atoms with Crippen LogP contribution in [0.15, 0.2) is 18.2 Å². The van der Waals surface area contributed by atoms with E-state index in [4.69, 9.17) is 5.73 Å².